The first-order valence-corrected chi connectivity index (χ1v) is 8.89. The molecule has 3 N–H and O–H groups in total. The summed E-state index contributed by atoms with van der Waals surface area (Å²) in [7, 11) is 0. The monoisotopic (exact) mass is 356 g/mol. The number of nitrogens with zero attached hydrogens (tertiary/aromatic N) is 4. The Morgan fingerprint density at radius 1 is 1.35 bits per heavy atom. The van der Waals surface area contributed by atoms with E-state index in [0.717, 1.165) is 32.4 Å². The summed E-state index contributed by atoms with van der Waals surface area (Å²) in [6, 6.07) is 10.1. The zero-order chi connectivity index (χ0) is 18.5. The minimum atomic E-state index is -0.488. The van der Waals surface area contributed by atoms with Crippen molar-refractivity contribution in [1.29, 1.82) is 0 Å². The van der Waals surface area contributed by atoms with Crippen LogP contribution in [0.5, 0.6) is 0 Å². The Morgan fingerprint density at radius 2 is 2.12 bits per heavy atom. The van der Waals surface area contributed by atoms with E-state index in [4.69, 9.17) is 5.73 Å². The number of aromatic nitrogens is 2. The number of nitrogens with two attached hydrogens (primary N) is 1. The first kappa shape index (κ1) is 17.9. The maximum atomic E-state index is 11.5. The van der Waals surface area contributed by atoms with E-state index >= 15 is 0 Å². The average molecular weight is 356 g/mol. The number of anilines is 3. The minimum absolute atomic E-state index is 0.0968. The molecule has 138 valence electrons. The summed E-state index contributed by atoms with van der Waals surface area (Å²) in [6.07, 6.45) is 2.91. The number of rotatable bonds is 6. The summed E-state index contributed by atoms with van der Waals surface area (Å²) >= 11 is 0. The van der Waals surface area contributed by atoms with Crippen molar-refractivity contribution in [2.24, 2.45) is 5.92 Å². The van der Waals surface area contributed by atoms with Crippen molar-refractivity contribution < 1.29 is 4.92 Å². The van der Waals surface area contributed by atoms with Gasteiger partial charge in [0.05, 0.1) is 4.92 Å². The van der Waals surface area contributed by atoms with E-state index in [1.165, 1.54) is 5.56 Å². The van der Waals surface area contributed by atoms with E-state index in [1.807, 2.05) is 35.2 Å². The third kappa shape index (κ3) is 4.19. The molecule has 8 heteroatoms. The molecule has 1 saturated heterocycles. The summed E-state index contributed by atoms with van der Waals surface area (Å²) in [5, 5.41) is 14.6. The summed E-state index contributed by atoms with van der Waals surface area (Å²) in [5.41, 5.74) is 6.88. The fourth-order valence-electron chi connectivity index (χ4n) is 3.28. The Kier molecular flexibility index (Phi) is 5.50. The van der Waals surface area contributed by atoms with Crippen LogP contribution in [0.4, 0.5) is 23.3 Å². The van der Waals surface area contributed by atoms with Gasteiger partial charge in [-0.25, -0.2) is 0 Å². The van der Waals surface area contributed by atoms with E-state index in [9.17, 15) is 10.1 Å². The van der Waals surface area contributed by atoms with E-state index in [2.05, 4.69) is 22.2 Å². The number of nitrogens with one attached hydrogen (secondary N) is 1. The van der Waals surface area contributed by atoms with Gasteiger partial charge in [0, 0.05) is 19.6 Å². The molecule has 0 unspecified atom stereocenters. The number of hydrogen-bond donors (Lipinski definition) is 2. The molecule has 1 aromatic heterocycles. The predicted molar refractivity (Wildman–Crippen MR) is 102 cm³/mol. The lowest BCUT2D eigenvalue weighted by Crippen LogP contribution is -2.35. The topological polar surface area (TPSA) is 110 Å². The second-order valence-electron chi connectivity index (χ2n) is 6.72. The van der Waals surface area contributed by atoms with Crippen molar-refractivity contribution >= 4 is 23.3 Å². The molecule has 26 heavy (non-hydrogen) atoms. The van der Waals surface area contributed by atoms with Crippen LogP contribution in [0, 0.1) is 16.0 Å². The Bertz CT molecular complexity index is 768. The van der Waals surface area contributed by atoms with Crippen molar-refractivity contribution in [3.05, 3.63) is 46.0 Å². The van der Waals surface area contributed by atoms with Crippen LogP contribution in [0.15, 0.2) is 30.3 Å². The summed E-state index contributed by atoms with van der Waals surface area (Å²) in [4.78, 5) is 21.5. The zero-order valence-electron chi connectivity index (χ0n) is 14.9. The molecule has 8 nitrogen and oxygen atoms in total. The average Bonchev–Trinajstić information content (AvgIpc) is 2.62. The van der Waals surface area contributed by atoms with Gasteiger partial charge < -0.3 is 16.0 Å². The fraction of sp³-hybridized carbons (Fsp3) is 0.444. The van der Waals surface area contributed by atoms with Gasteiger partial charge in [-0.2, -0.15) is 9.97 Å². The van der Waals surface area contributed by atoms with E-state index in [0.29, 0.717) is 24.2 Å². The zero-order valence-corrected chi connectivity index (χ0v) is 14.9. The van der Waals surface area contributed by atoms with Gasteiger partial charge in [0.15, 0.2) is 0 Å². The molecule has 0 saturated carbocycles. The lowest BCUT2D eigenvalue weighted by molar-refractivity contribution is -0.383. The van der Waals surface area contributed by atoms with E-state index in [1.54, 1.807) is 0 Å². The smallest absolute Gasteiger partial charge is 0.353 e. The molecule has 1 aromatic carbocycles. The van der Waals surface area contributed by atoms with Gasteiger partial charge >= 0.3 is 5.69 Å². The van der Waals surface area contributed by atoms with Crippen molar-refractivity contribution in [2.75, 3.05) is 35.6 Å². The van der Waals surface area contributed by atoms with Gasteiger partial charge in [-0.1, -0.05) is 37.3 Å². The van der Waals surface area contributed by atoms with Crippen LogP contribution in [0.1, 0.15) is 25.3 Å². The van der Waals surface area contributed by atoms with Gasteiger partial charge in [-0.3, -0.25) is 10.1 Å². The van der Waals surface area contributed by atoms with Crippen molar-refractivity contribution in [1.82, 2.24) is 9.97 Å². The van der Waals surface area contributed by atoms with Gasteiger partial charge in [0.1, 0.15) is 0 Å². The number of hydrogen-bond acceptors (Lipinski definition) is 7. The van der Waals surface area contributed by atoms with E-state index < -0.39 is 4.92 Å². The third-order valence-corrected chi connectivity index (χ3v) is 4.57. The number of piperidine rings is 1. The number of nitro groups is 1. The van der Waals surface area contributed by atoms with Crippen molar-refractivity contribution in [2.45, 2.75) is 26.2 Å². The quantitative estimate of drug-likeness (QED) is 0.605. The Hall–Kier alpha value is -2.90. The molecule has 0 aliphatic carbocycles. The Morgan fingerprint density at radius 3 is 2.81 bits per heavy atom. The molecular formula is C18H24N6O2. The van der Waals surface area contributed by atoms with Crippen LogP contribution in [0.3, 0.4) is 0 Å². The van der Waals surface area contributed by atoms with Crippen LogP contribution in [0.2, 0.25) is 0 Å². The van der Waals surface area contributed by atoms with Crippen molar-refractivity contribution in [3.8, 4) is 0 Å². The summed E-state index contributed by atoms with van der Waals surface area (Å²) in [6.45, 7) is 4.24. The van der Waals surface area contributed by atoms with Crippen LogP contribution in [0.25, 0.3) is 0 Å². The summed E-state index contributed by atoms with van der Waals surface area (Å²) < 4.78 is 0. The molecule has 1 fully saturated rings. The molecule has 0 radical (unpaired) electrons. The molecule has 1 aliphatic heterocycles. The first-order chi connectivity index (χ1) is 12.5. The highest BCUT2D eigenvalue weighted by Crippen LogP contribution is 2.34. The molecule has 0 bridgehead atoms. The normalized spacial score (nSPS) is 17.1. The molecule has 0 amide bonds. The van der Waals surface area contributed by atoms with Crippen LogP contribution >= 0.6 is 0 Å². The standard InChI is InChI=1S/C18H24N6O2/c1-13-6-5-11-23(12-13)17-15(24(25)26)16(19)21-18(22-17)20-10-9-14-7-3-2-4-8-14/h2-4,7-8,13H,5-6,9-12H2,1H3,(H3,19,20,21,22)/t13-/m1/s1. The van der Waals surface area contributed by atoms with Crippen molar-refractivity contribution in [3.63, 3.8) is 0 Å². The molecule has 1 atom stereocenters. The number of benzene rings is 1. The Balaban J connectivity index is 1.79. The third-order valence-electron chi connectivity index (χ3n) is 4.57. The second-order valence-corrected chi connectivity index (χ2v) is 6.72. The first-order valence-electron chi connectivity index (χ1n) is 8.89. The molecule has 2 aromatic rings. The minimum Gasteiger partial charge on any atom is -0.378 e. The van der Waals surface area contributed by atoms with Gasteiger partial charge in [-0.05, 0) is 30.7 Å². The highest BCUT2D eigenvalue weighted by atomic mass is 16.6. The maximum Gasteiger partial charge on any atom is 0.353 e. The SMILES string of the molecule is C[C@@H]1CCCN(c2nc(NCCc3ccccc3)nc(N)c2[N+](=O)[O-])C1. The highest BCUT2D eigenvalue weighted by Gasteiger charge is 2.29. The van der Waals surface area contributed by atoms with Gasteiger partial charge in [0.25, 0.3) is 0 Å². The molecule has 3 rings (SSSR count). The highest BCUT2D eigenvalue weighted by molar-refractivity contribution is 5.71. The molecule has 2 heterocycles. The largest absolute Gasteiger partial charge is 0.378 e. The lowest BCUT2D eigenvalue weighted by atomic mass is 10.0. The maximum absolute atomic E-state index is 11.5. The van der Waals surface area contributed by atoms with Gasteiger partial charge in [0.2, 0.25) is 17.6 Å². The van der Waals surface area contributed by atoms with Crippen LogP contribution < -0.4 is 16.0 Å². The van der Waals surface area contributed by atoms with Crippen LogP contribution in [-0.4, -0.2) is 34.5 Å². The lowest BCUT2D eigenvalue weighted by Gasteiger charge is -2.31. The Labute approximate surface area is 152 Å². The summed E-state index contributed by atoms with van der Waals surface area (Å²) in [5.74, 6) is 1.02. The molecule has 1 aliphatic rings. The van der Waals surface area contributed by atoms with Crippen LogP contribution in [-0.2, 0) is 6.42 Å². The predicted octanol–water partition coefficient (Wildman–Crippen LogP) is 2.86. The fourth-order valence-corrected chi connectivity index (χ4v) is 3.28. The van der Waals surface area contributed by atoms with Gasteiger partial charge in [-0.15, -0.1) is 0 Å². The number of nitrogen functional groups attached to an aromatic ring is 1. The molecule has 0 spiro atoms. The van der Waals surface area contributed by atoms with E-state index in [-0.39, 0.29) is 11.5 Å². The molecular weight excluding hydrogens is 332 g/mol. The second kappa shape index (κ2) is 7.99.